The summed E-state index contributed by atoms with van der Waals surface area (Å²) in [5.41, 5.74) is 5.58. The molecule has 0 saturated carbocycles. The van der Waals surface area contributed by atoms with Crippen LogP contribution >= 0.6 is 0 Å². The van der Waals surface area contributed by atoms with Crippen molar-refractivity contribution in [2.45, 2.75) is 11.7 Å². The van der Waals surface area contributed by atoms with Gasteiger partial charge in [-0.25, -0.2) is 4.39 Å². The predicted molar refractivity (Wildman–Crippen MR) is 56.0 cm³/mol. The monoisotopic (exact) mass is 233 g/mol. The van der Waals surface area contributed by atoms with Gasteiger partial charge in [0, 0.05) is 0 Å². The van der Waals surface area contributed by atoms with Gasteiger partial charge in [0.2, 0.25) is 0 Å². The van der Waals surface area contributed by atoms with Gasteiger partial charge in [0.05, 0.1) is 0 Å². The average Bonchev–Trinajstić information content (AvgIpc) is 2.04. The molecule has 1 aromatic carbocycles. The van der Waals surface area contributed by atoms with Gasteiger partial charge in [-0.1, -0.05) is 0 Å². The Hall–Kier alpha value is -1.17. The van der Waals surface area contributed by atoms with E-state index in [1.54, 1.807) is 0 Å². The molecule has 1 aromatic rings. The quantitative estimate of drug-likeness (QED) is 0.578. The molecule has 1 rings (SSSR count). The van der Waals surface area contributed by atoms with Crippen molar-refractivity contribution in [3.05, 3.63) is 29.6 Å². The van der Waals surface area contributed by atoms with Crippen LogP contribution in [0.5, 0.6) is 5.75 Å². The summed E-state index contributed by atoms with van der Waals surface area (Å²) in [6, 6.07) is 2.74. The third-order valence-corrected chi connectivity index (χ3v) is 1.87. The lowest BCUT2D eigenvalue weighted by Crippen LogP contribution is -2.38. The van der Waals surface area contributed by atoms with Crippen molar-refractivity contribution >= 4 is 15.7 Å². The molecule has 0 aliphatic carbocycles. The van der Waals surface area contributed by atoms with Crippen molar-refractivity contribution in [2.75, 3.05) is 0 Å². The number of alkyl halides is 3. The van der Waals surface area contributed by atoms with Crippen LogP contribution in [0.3, 0.4) is 0 Å². The molecule has 0 atom stereocenters. The smallest absolute Gasteiger partial charge is 0.406 e. The van der Waals surface area contributed by atoms with Gasteiger partial charge in [0.1, 0.15) is 27.3 Å². The third-order valence-electron chi connectivity index (χ3n) is 1.87. The molecule has 16 heavy (non-hydrogen) atoms. The summed E-state index contributed by atoms with van der Waals surface area (Å²) < 4.78 is 52.7. The molecule has 0 heterocycles. The molecule has 0 radical (unpaired) electrons. The van der Waals surface area contributed by atoms with Crippen molar-refractivity contribution in [1.29, 1.82) is 0 Å². The zero-order chi connectivity index (χ0) is 12.6. The molecular formula is C8H9B2F4NO. The van der Waals surface area contributed by atoms with Gasteiger partial charge in [-0.3, -0.25) is 0 Å². The second-order valence-electron chi connectivity index (χ2n) is 3.91. The Kier molecular flexibility index (Phi) is 3.23. The van der Waals surface area contributed by atoms with E-state index in [1.807, 2.05) is 0 Å². The van der Waals surface area contributed by atoms with Crippen molar-refractivity contribution < 1.29 is 22.3 Å². The van der Waals surface area contributed by atoms with Crippen LogP contribution in [0.4, 0.5) is 17.6 Å². The molecule has 0 saturated heterocycles. The van der Waals surface area contributed by atoms with E-state index >= 15 is 0 Å². The zero-order valence-corrected chi connectivity index (χ0v) is 8.73. The Morgan fingerprint density at radius 3 is 2.19 bits per heavy atom. The first-order valence-electron chi connectivity index (χ1n) is 4.44. The number of rotatable bonds is 2. The summed E-state index contributed by atoms with van der Waals surface area (Å²) >= 11 is 0. The maximum atomic E-state index is 13.3. The molecule has 0 aliphatic heterocycles. The van der Waals surface area contributed by atoms with Crippen molar-refractivity contribution in [1.82, 2.24) is 0 Å². The van der Waals surface area contributed by atoms with Crippen LogP contribution in [0.2, 0.25) is 0 Å². The molecule has 0 aromatic heterocycles. The van der Waals surface area contributed by atoms with Crippen molar-refractivity contribution in [2.24, 2.45) is 5.73 Å². The number of benzene rings is 1. The van der Waals surface area contributed by atoms with Gasteiger partial charge in [0.25, 0.3) is 0 Å². The van der Waals surface area contributed by atoms with E-state index in [9.17, 15) is 17.6 Å². The Bertz CT molecular complexity index is 389. The number of hydrogen-bond acceptors (Lipinski definition) is 2. The average molecular weight is 233 g/mol. The van der Waals surface area contributed by atoms with Crippen LogP contribution in [-0.4, -0.2) is 22.1 Å². The highest BCUT2D eigenvalue weighted by Gasteiger charge is 2.32. The Balaban J connectivity index is 3.09. The van der Waals surface area contributed by atoms with Crippen molar-refractivity contribution in [3.63, 3.8) is 0 Å². The minimum atomic E-state index is -4.80. The molecule has 2 nitrogen and oxygen atoms in total. The summed E-state index contributed by atoms with van der Waals surface area (Å²) in [5, 5.41) is -1.07. The fourth-order valence-corrected chi connectivity index (χ4v) is 1.20. The molecule has 0 amide bonds. The summed E-state index contributed by atoms with van der Waals surface area (Å²) in [6.45, 7) is 0. The number of halogens is 4. The molecule has 0 unspecified atom stereocenters. The Morgan fingerprint density at radius 2 is 1.75 bits per heavy atom. The standard InChI is InChI=1S/C8H9B2F4NO/c9-7(10,15)5-3-4(1-2-6(5)11)16-8(12,13)14/h1-3H,9-10,15H2. The van der Waals surface area contributed by atoms with E-state index in [4.69, 9.17) is 5.73 Å². The maximum absolute atomic E-state index is 13.3. The highest BCUT2D eigenvalue weighted by molar-refractivity contribution is 6.39. The minimum absolute atomic E-state index is 0.0331. The fraction of sp³-hybridized carbons (Fsp3) is 0.250. The number of ether oxygens (including phenoxy) is 1. The van der Waals surface area contributed by atoms with Gasteiger partial charge in [-0.2, -0.15) is 0 Å². The molecule has 0 bridgehead atoms. The van der Waals surface area contributed by atoms with Crippen molar-refractivity contribution in [3.8, 4) is 5.75 Å². The first kappa shape index (κ1) is 12.9. The van der Waals surface area contributed by atoms with Gasteiger partial charge in [-0.15, -0.1) is 13.2 Å². The molecule has 86 valence electrons. The number of hydrogen-bond donors (Lipinski definition) is 1. The lowest BCUT2D eigenvalue weighted by molar-refractivity contribution is -0.274. The molecular weight excluding hydrogens is 224 g/mol. The zero-order valence-electron chi connectivity index (χ0n) is 8.73. The Morgan fingerprint density at radius 1 is 1.19 bits per heavy atom. The second kappa shape index (κ2) is 4.01. The minimum Gasteiger partial charge on any atom is -0.406 e. The largest absolute Gasteiger partial charge is 0.573 e. The summed E-state index contributed by atoms with van der Waals surface area (Å²) in [5.74, 6) is -1.15. The topological polar surface area (TPSA) is 35.2 Å². The lowest BCUT2D eigenvalue weighted by Gasteiger charge is -2.21. The highest BCUT2D eigenvalue weighted by Crippen LogP contribution is 2.26. The van der Waals surface area contributed by atoms with Gasteiger partial charge in [0.15, 0.2) is 0 Å². The first-order valence-corrected chi connectivity index (χ1v) is 4.44. The maximum Gasteiger partial charge on any atom is 0.573 e. The van der Waals surface area contributed by atoms with Gasteiger partial charge >= 0.3 is 6.36 Å². The molecule has 0 aliphatic rings. The van der Waals surface area contributed by atoms with E-state index in [0.29, 0.717) is 0 Å². The molecule has 8 heteroatoms. The van der Waals surface area contributed by atoms with E-state index in [2.05, 4.69) is 4.74 Å². The van der Waals surface area contributed by atoms with E-state index < -0.39 is 23.3 Å². The molecule has 2 N–H and O–H groups in total. The molecule has 0 spiro atoms. The summed E-state index contributed by atoms with van der Waals surface area (Å²) in [6.07, 6.45) is -4.80. The van der Waals surface area contributed by atoms with Crippen LogP contribution < -0.4 is 10.5 Å². The van der Waals surface area contributed by atoms with Crippen LogP contribution in [0.1, 0.15) is 5.56 Å². The fourth-order valence-electron chi connectivity index (χ4n) is 1.20. The normalized spacial score (nSPS) is 12.6. The van der Waals surface area contributed by atoms with E-state index in [1.165, 1.54) is 15.7 Å². The van der Waals surface area contributed by atoms with Crippen LogP contribution in [0.25, 0.3) is 0 Å². The predicted octanol–water partition coefficient (Wildman–Crippen LogP) is 0.0595. The molecule has 0 fully saturated rings. The van der Waals surface area contributed by atoms with Gasteiger partial charge < -0.3 is 10.5 Å². The summed E-state index contributed by atoms with van der Waals surface area (Å²) in [4.78, 5) is 0. The Labute approximate surface area is 91.6 Å². The van der Waals surface area contributed by atoms with E-state index in [-0.39, 0.29) is 5.56 Å². The number of nitrogens with two attached hydrogens (primary N) is 1. The van der Waals surface area contributed by atoms with Crippen LogP contribution in [0, 0.1) is 5.82 Å². The SMILES string of the molecule is BC(B)(N)c1cc(OC(F)(F)F)ccc1F. The lowest BCUT2D eigenvalue weighted by atomic mass is 9.59. The van der Waals surface area contributed by atoms with E-state index in [0.717, 1.165) is 18.2 Å². The second-order valence-corrected chi connectivity index (χ2v) is 3.91. The summed E-state index contributed by atoms with van der Waals surface area (Å²) in [7, 11) is 2.98. The highest BCUT2D eigenvalue weighted by atomic mass is 19.4. The van der Waals surface area contributed by atoms with Crippen LogP contribution in [-0.2, 0) is 5.34 Å². The first-order chi connectivity index (χ1) is 7.09. The van der Waals surface area contributed by atoms with Gasteiger partial charge in [-0.05, 0) is 29.1 Å². The van der Waals surface area contributed by atoms with Crippen LogP contribution in [0.15, 0.2) is 18.2 Å². The third kappa shape index (κ3) is 3.44.